The molecule has 0 spiro atoms. The van der Waals surface area contributed by atoms with E-state index in [0.717, 1.165) is 24.3 Å². The molecule has 0 radical (unpaired) electrons. The zero-order chi connectivity index (χ0) is 17.4. The Hall–Kier alpha value is -3.13. The number of benzene rings is 2. The van der Waals surface area contributed by atoms with E-state index in [2.05, 4.69) is 35.3 Å². The Morgan fingerprint density at radius 1 is 1.12 bits per heavy atom. The minimum atomic E-state index is -0.258. The van der Waals surface area contributed by atoms with Gasteiger partial charge >= 0.3 is 0 Å². The summed E-state index contributed by atoms with van der Waals surface area (Å²) in [6.45, 7) is 6.05. The van der Waals surface area contributed by atoms with Crippen molar-refractivity contribution < 1.29 is 4.79 Å². The molecule has 0 atom stereocenters. The third-order valence-corrected chi connectivity index (χ3v) is 3.68. The normalized spacial score (nSPS) is 10.4. The number of hydrogen-bond donors (Lipinski definition) is 1. The fourth-order valence-electron chi connectivity index (χ4n) is 2.29. The molecule has 0 unspecified atom stereocenters. The lowest BCUT2D eigenvalue weighted by atomic mass is 10.2. The first kappa shape index (κ1) is 17.2. The van der Waals surface area contributed by atoms with Crippen LogP contribution in [-0.4, -0.2) is 25.2 Å². The predicted octanol–water partition coefficient (Wildman–Crippen LogP) is 3.17. The molecule has 1 N–H and O–H groups in total. The van der Waals surface area contributed by atoms with E-state index in [-0.39, 0.29) is 5.91 Å². The number of nitrogens with zero attached hydrogens (tertiary/aromatic N) is 3. The highest BCUT2D eigenvalue weighted by molar-refractivity contribution is 5.95. The van der Waals surface area contributed by atoms with Gasteiger partial charge in [-0.15, -0.1) is 0 Å². The average molecular weight is 320 g/mol. The third kappa shape index (κ3) is 4.43. The lowest BCUT2D eigenvalue weighted by Crippen LogP contribution is -2.22. The van der Waals surface area contributed by atoms with Crippen LogP contribution in [0.1, 0.15) is 35.3 Å². The molecule has 1 amide bonds. The van der Waals surface area contributed by atoms with Crippen LogP contribution in [0.4, 0.5) is 5.69 Å². The Bertz CT molecular complexity index is 738. The van der Waals surface area contributed by atoms with Crippen LogP contribution < -0.4 is 10.3 Å². The van der Waals surface area contributed by atoms with Crippen molar-refractivity contribution in [3.8, 4) is 6.07 Å². The highest BCUT2D eigenvalue weighted by Crippen LogP contribution is 2.14. The molecule has 0 aliphatic carbocycles. The van der Waals surface area contributed by atoms with Crippen LogP contribution in [0.3, 0.4) is 0 Å². The molecule has 0 aliphatic heterocycles. The number of rotatable bonds is 6. The van der Waals surface area contributed by atoms with E-state index in [4.69, 9.17) is 5.26 Å². The van der Waals surface area contributed by atoms with E-state index in [0.29, 0.717) is 11.1 Å². The van der Waals surface area contributed by atoms with Gasteiger partial charge in [0.15, 0.2) is 0 Å². The van der Waals surface area contributed by atoms with Crippen molar-refractivity contribution in [2.24, 2.45) is 5.10 Å². The van der Waals surface area contributed by atoms with Crippen molar-refractivity contribution in [1.82, 2.24) is 5.43 Å². The zero-order valence-corrected chi connectivity index (χ0v) is 13.9. The Morgan fingerprint density at radius 3 is 2.29 bits per heavy atom. The average Bonchev–Trinajstić information content (AvgIpc) is 2.64. The smallest absolute Gasteiger partial charge is 0.271 e. The van der Waals surface area contributed by atoms with E-state index >= 15 is 0 Å². The molecule has 2 rings (SSSR count). The summed E-state index contributed by atoms with van der Waals surface area (Å²) in [6.07, 6.45) is 1.54. The molecule has 0 bridgehead atoms. The number of hydrogen-bond acceptors (Lipinski definition) is 4. The number of amides is 1. The summed E-state index contributed by atoms with van der Waals surface area (Å²) < 4.78 is 0. The van der Waals surface area contributed by atoms with Gasteiger partial charge in [0.05, 0.1) is 17.8 Å². The van der Waals surface area contributed by atoms with Crippen LogP contribution in [0.2, 0.25) is 0 Å². The van der Waals surface area contributed by atoms with Gasteiger partial charge in [-0.3, -0.25) is 4.79 Å². The van der Waals surface area contributed by atoms with E-state index < -0.39 is 0 Å². The van der Waals surface area contributed by atoms with Crippen LogP contribution in [-0.2, 0) is 0 Å². The van der Waals surface area contributed by atoms with E-state index in [9.17, 15) is 4.79 Å². The lowest BCUT2D eigenvalue weighted by Gasteiger charge is -2.20. The zero-order valence-electron chi connectivity index (χ0n) is 13.9. The van der Waals surface area contributed by atoms with Crippen LogP contribution in [0.25, 0.3) is 0 Å². The summed E-state index contributed by atoms with van der Waals surface area (Å²) >= 11 is 0. The summed E-state index contributed by atoms with van der Waals surface area (Å²) in [6, 6.07) is 16.5. The van der Waals surface area contributed by atoms with Gasteiger partial charge in [0, 0.05) is 24.3 Å². The van der Waals surface area contributed by atoms with Gasteiger partial charge in [0.25, 0.3) is 5.91 Å². The molecule has 0 fully saturated rings. The molecule has 5 nitrogen and oxygen atoms in total. The number of carbonyl (C=O) groups is 1. The molecular weight excluding hydrogens is 300 g/mol. The molecule has 0 aliphatic rings. The van der Waals surface area contributed by atoms with E-state index in [1.165, 1.54) is 0 Å². The van der Waals surface area contributed by atoms with Crippen molar-refractivity contribution >= 4 is 17.8 Å². The number of hydrazone groups is 1. The maximum absolute atomic E-state index is 12.1. The molecule has 0 heterocycles. The quantitative estimate of drug-likeness (QED) is 0.656. The molecule has 0 aromatic heterocycles. The maximum atomic E-state index is 12.1. The van der Waals surface area contributed by atoms with Crippen molar-refractivity contribution in [2.75, 3.05) is 18.0 Å². The summed E-state index contributed by atoms with van der Waals surface area (Å²) in [4.78, 5) is 14.3. The Kier molecular flexibility index (Phi) is 6.09. The van der Waals surface area contributed by atoms with Gasteiger partial charge in [0.1, 0.15) is 0 Å². The molecule has 2 aromatic rings. The summed E-state index contributed by atoms with van der Waals surface area (Å²) in [5.41, 5.74) is 5.56. The largest absolute Gasteiger partial charge is 0.372 e. The van der Waals surface area contributed by atoms with Crippen molar-refractivity contribution in [3.63, 3.8) is 0 Å². The molecular formula is C19H20N4O. The second-order valence-corrected chi connectivity index (χ2v) is 5.15. The Morgan fingerprint density at radius 2 is 1.75 bits per heavy atom. The van der Waals surface area contributed by atoms with Gasteiger partial charge in [-0.25, -0.2) is 5.43 Å². The summed E-state index contributed by atoms with van der Waals surface area (Å²) in [5, 5.41) is 12.7. The van der Waals surface area contributed by atoms with Gasteiger partial charge in [0.2, 0.25) is 0 Å². The van der Waals surface area contributed by atoms with Gasteiger partial charge in [-0.1, -0.05) is 12.1 Å². The number of nitriles is 1. The SMILES string of the molecule is CCN(CC)c1ccc(C(=O)N/N=C/c2ccc(C#N)cc2)cc1. The second-order valence-electron chi connectivity index (χ2n) is 5.15. The second kappa shape index (κ2) is 8.49. The van der Waals surface area contributed by atoms with Crippen molar-refractivity contribution in [1.29, 1.82) is 5.26 Å². The van der Waals surface area contributed by atoms with Crippen LogP contribution in [0.5, 0.6) is 0 Å². The predicted molar refractivity (Wildman–Crippen MR) is 96.2 cm³/mol. The fraction of sp³-hybridized carbons (Fsp3) is 0.211. The van der Waals surface area contributed by atoms with Gasteiger partial charge in [-0.2, -0.15) is 10.4 Å². The number of carbonyl (C=O) groups excluding carboxylic acids is 1. The van der Waals surface area contributed by atoms with Crippen molar-refractivity contribution in [2.45, 2.75) is 13.8 Å². The number of anilines is 1. The molecule has 24 heavy (non-hydrogen) atoms. The maximum Gasteiger partial charge on any atom is 0.271 e. The summed E-state index contributed by atoms with van der Waals surface area (Å²) in [7, 11) is 0. The highest BCUT2D eigenvalue weighted by atomic mass is 16.2. The topological polar surface area (TPSA) is 68.5 Å². The van der Waals surface area contributed by atoms with Crippen LogP contribution >= 0.6 is 0 Å². The minimum absolute atomic E-state index is 0.258. The summed E-state index contributed by atoms with van der Waals surface area (Å²) in [5.74, 6) is -0.258. The minimum Gasteiger partial charge on any atom is -0.372 e. The third-order valence-electron chi connectivity index (χ3n) is 3.68. The first-order chi connectivity index (χ1) is 11.7. The Balaban J connectivity index is 1.96. The molecule has 122 valence electrons. The van der Waals surface area contributed by atoms with Crippen molar-refractivity contribution in [3.05, 3.63) is 65.2 Å². The first-order valence-corrected chi connectivity index (χ1v) is 7.86. The first-order valence-electron chi connectivity index (χ1n) is 7.86. The molecule has 5 heteroatoms. The van der Waals surface area contributed by atoms with Crippen LogP contribution in [0.15, 0.2) is 53.6 Å². The fourth-order valence-corrected chi connectivity index (χ4v) is 2.29. The van der Waals surface area contributed by atoms with E-state index in [1.807, 2.05) is 12.1 Å². The van der Waals surface area contributed by atoms with Gasteiger partial charge in [-0.05, 0) is 55.8 Å². The lowest BCUT2D eigenvalue weighted by molar-refractivity contribution is 0.0955. The molecule has 2 aromatic carbocycles. The highest BCUT2D eigenvalue weighted by Gasteiger charge is 2.06. The number of nitrogens with one attached hydrogen (secondary N) is 1. The van der Waals surface area contributed by atoms with Gasteiger partial charge < -0.3 is 4.90 Å². The Labute approximate surface area is 142 Å². The van der Waals surface area contributed by atoms with E-state index in [1.54, 1.807) is 42.6 Å². The molecule has 0 saturated carbocycles. The monoisotopic (exact) mass is 320 g/mol. The molecule has 0 saturated heterocycles. The van der Waals surface area contributed by atoms with Crippen LogP contribution in [0, 0.1) is 11.3 Å². The standard InChI is InChI=1S/C19H20N4O/c1-3-23(4-2)18-11-9-17(10-12-18)19(24)22-21-14-16-7-5-15(13-20)6-8-16/h5-12,14H,3-4H2,1-2H3,(H,22,24)/b21-14+.